The lowest BCUT2D eigenvalue weighted by Gasteiger charge is -2.36. The molecule has 0 radical (unpaired) electrons. The van der Waals surface area contributed by atoms with Gasteiger partial charge in [0.2, 0.25) is 15.9 Å². The summed E-state index contributed by atoms with van der Waals surface area (Å²) in [6, 6.07) is 0.892. The molecule has 2 rings (SSSR count). The van der Waals surface area contributed by atoms with Crippen molar-refractivity contribution in [2.45, 2.75) is 49.5 Å². The summed E-state index contributed by atoms with van der Waals surface area (Å²) in [6.07, 6.45) is 5.35. The maximum absolute atomic E-state index is 13.2. The molecule has 122 valence electrons. The summed E-state index contributed by atoms with van der Waals surface area (Å²) in [6.45, 7) is 2.20. The fourth-order valence-electron chi connectivity index (χ4n) is 2.72. The van der Waals surface area contributed by atoms with Crippen LogP contribution in [0, 0.1) is 5.82 Å². The highest BCUT2D eigenvalue weighted by atomic mass is 32.2. The molecule has 8 heteroatoms. The molecule has 1 heterocycles. The number of likely N-dealkylation sites (N-methyl/N-ethyl adjacent to an activating group) is 1. The predicted octanol–water partition coefficient (Wildman–Crippen LogP) is 1.34. The lowest BCUT2D eigenvalue weighted by molar-refractivity contribution is -0.128. The van der Waals surface area contributed by atoms with Crippen molar-refractivity contribution >= 4 is 15.9 Å². The Bertz CT molecular complexity index is 642. The highest BCUT2D eigenvalue weighted by molar-refractivity contribution is 7.89. The van der Waals surface area contributed by atoms with E-state index in [2.05, 4.69) is 15.0 Å². The minimum atomic E-state index is -4.02. The number of halogens is 1. The molecule has 0 saturated heterocycles. The second kappa shape index (κ2) is 6.70. The second-order valence-electron chi connectivity index (χ2n) is 5.45. The number of pyridine rings is 1. The summed E-state index contributed by atoms with van der Waals surface area (Å²) in [5.74, 6) is -1.07. The van der Waals surface area contributed by atoms with Gasteiger partial charge >= 0.3 is 0 Å². The number of rotatable bonds is 5. The van der Waals surface area contributed by atoms with Crippen LogP contribution in [0.2, 0.25) is 0 Å². The monoisotopic (exact) mass is 329 g/mol. The van der Waals surface area contributed by atoms with Gasteiger partial charge in [0.1, 0.15) is 16.3 Å². The molecule has 0 aromatic carbocycles. The average molecular weight is 329 g/mol. The largest absolute Gasteiger partial charge is 0.355 e. The first-order valence-corrected chi connectivity index (χ1v) is 8.81. The summed E-state index contributed by atoms with van der Waals surface area (Å²) in [5.41, 5.74) is -1.17. The van der Waals surface area contributed by atoms with Crippen molar-refractivity contribution in [1.29, 1.82) is 0 Å². The van der Waals surface area contributed by atoms with Crippen molar-refractivity contribution in [3.63, 3.8) is 0 Å². The van der Waals surface area contributed by atoms with E-state index < -0.39 is 21.4 Å². The third-order valence-corrected chi connectivity index (χ3v) is 5.30. The van der Waals surface area contributed by atoms with Gasteiger partial charge in [-0.3, -0.25) is 9.78 Å². The van der Waals surface area contributed by atoms with Gasteiger partial charge in [0, 0.05) is 12.7 Å². The van der Waals surface area contributed by atoms with E-state index in [1.54, 1.807) is 6.92 Å². The Labute approximate surface area is 129 Å². The molecule has 1 amide bonds. The topological polar surface area (TPSA) is 88.2 Å². The maximum Gasteiger partial charge on any atom is 0.243 e. The van der Waals surface area contributed by atoms with Crippen LogP contribution in [0.25, 0.3) is 0 Å². The number of nitrogens with zero attached hydrogens (tertiary/aromatic N) is 1. The minimum Gasteiger partial charge on any atom is -0.355 e. The lowest BCUT2D eigenvalue weighted by atomic mass is 9.82. The first kappa shape index (κ1) is 16.8. The number of aromatic nitrogens is 1. The van der Waals surface area contributed by atoms with E-state index >= 15 is 0 Å². The Morgan fingerprint density at radius 3 is 2.59 bits per heavy atom. The van der Waals surface area contributed by atoms with Gasteiger partial charge in [-0.1, -0.05) is 19.3 Å². The van der Waals surface area contributed by atoms with E-state index in [0.29, 0.717) is 19.4 Å². The van der Waals surface area contributed by atoms with Crippen LogP contribution < -0.4 is 10.0 Å². The molecule has 0 atom stereocenters. The minimum absolute atomic E-state index is 0.276. The van der Waals surface area contributed by atoms with Crippen LogP contribution in [-0.2, 0) is 14.8 Å². The molecule has 1 aromatic heterocycles. The van der Waals surface area contributed by atoms with E-state index in [-0.39, 0.29) is 10.8 Å². The van der Waals surface area contributed by atoms with Gasteiger partial charge in [-0.25, -0.2) is 12.8 Å². The fourth-order valence-corrected chi connectivity index (χ4v) is 4.11. The Hall–Kier alpha value is -1.54. The maximum atomic E-state index is 13.2. The molecule has 1 aliphatic rings. The zero-order valence-corrected chi connectivity index (χ0v) is 13.2. The first-order valence-electron chi connectivity index (χ1n) is 7.32. The zero-order valence-electron chi connectivity index (χ0n) is 12.4. The zero-order chi connectivity index (χ0) is 16.2. The van der Waals surface area contributed by atoms with Crippen molar-refractivity contribution in [3.05, 3.63) is 24.3 Å². The molecule has 22 heavy (non-hydrogen) atoms. The molecular formula is C14H20FN3O3S. The number of hydrogen-bond acceptors (Lipinski definition) is 4. The number of carbonyl (C=O) groups excluding carboxylic acids is 1. The summed E-state index contributed by atoms with van der Waals surface area (Å²) in [4.78, 5) is 15.6. The Morgan fingerprint density at radius 1 is 1.32 bits per heavy atom. The molecule has 6 nitrogen and oxygen atoms in total. The van der Waals surface area contributed by atoms with Crippen LogP contribution in [0.5, 0.6) is 0 Å². The van der Waals surface area contributed by atoms with Crippen LogP contribution in [0.3, 0.4) is 0 Å². The van der Waals surface area contributed by atoms with E-state index in [9.17, 15) is 17.6 Å². The highest BCUT2D eigenvalue weighted by Gasteiger charge is 2.42. The summed E-state index contributed by atoms with van der Waals surface area (Å²) < 4.78 is 40.6. The molecular weight excluding hydrogens is 309 g/mol. The molecule has 1 aliphatic carbocycles. The van der Waals surface area contributed by atoms with Gasteiger partial charge in [0.05, 0.1) is 6.20 Å². The normalized spacial score (nSPS) is 17.9. The second-order valence-corrected chi connectivity index (χ2v) is 7.13. The van der Waals surface area contributed by atoms with Crippen LogP contribution in [0.4, 0.5) is 4.39 Å². The number of amides is 1. The molecule has 0 unspecified atom stereocenters. The highest BCUT2D eigenvalue weighted by Crippen LogP contribution is 2.30. The number of nitrogens with one attached hydrogen (secondary N) is 2. The van der Waals surface area contributed by atoms with Gasteiger partial charge in [-0.15, -0.1) is 0 Å². The summed E-state index contributed by atoms with van der Waals surface area (Å²) in [5, 5.41) is 2.69. The summed E-state index contributed by atoms with van der Waals surface area (Å²) >= 11 is 0. The molecule has 2 N–H and O–H groups in total. The van der Waals surface area contributed by atoms with Crippen molar-refractivity contribution in [1.82, 2.24) is 15.0 Å². The van der Waals surface area contributed by atoms with Gasteiger partial charge in [-0.2, -0.15) is 4.72 Å². The van der Waals surface area contributed by atoms with Crippen LogP contribution >= 0.6 is 0 Å². The SMILES string of the molecule is CCNC(=O)C1(NS(=O)(=O)c2cncc(F)c2)CCCCC1. The molecule has 0 spiro atoms. The van der Waals surface area contributed by atoms with Crippen LogP contribution in [0.1, 0.15) is 39.0 Å². The molecule has 0 aliphatic heterocycles. The van der Waals surface area contributed by atoms with Gasteiger partial charge in [-0.05, 0) is 25.8 Å². The summed E-state index contributed by atoms with van der Waals surface area (Å²) in [7, 11) is -4.02. The number of hydrogen-bond donors (Lipinski definition) is 2. The van der Waals surface area contributed by atoms with Crippen molar-refractivity contribution < 1.29 is 17.6 Å². The van der Waals surface area contributed by atoms with Crippen LogP contribution in [0.15, 0.2) is 23.4 Å². The molecule has 0 bridgehead atoms. The predicted molar refractivity (Wildman–Crippen MR) is 79.0 cm³/mol. The standard InChI is InChI=1S/C14H20FN3O3S/c1-2-17-13(19)14(6-4-3-5-7-14)18-22(20,21)12-8-11(15)9-16-10-12/h8-10,18H,2-7H2,1H3,(H,17,19). The fraction of sp³-hybridized carbons (Fsp3) is 0.571. The lowest BCUT2D eigenvalue weighted by Crippen LogP contribution is -2.59. The number of sulfonamides is 1. The smallest absolute Gasteiger partial charge is 0.243 e. The molecule has 1 saturated carbocycles. The first-order chi connectivity index (χ1) is 10.4. The van der Waals surface area contributed by atoms with E-state index in [0.717, 1.165) is 37.7 Å². The number of carbonyl (C=O) groups is 1. The molecule has 1 aromatic rings. The Kier molecular flexibility index (Phi) is 5.12. The van der Waals surface area contributed by atoms with Crippen LogP contribution in [-0.4, -0.2) is 31.4 Å². The van der Waals surface area contributed by atoms with E-state index in [1.165, 1.54) is 0 Å². The van der Waals surface area contributed by atoms with Gasteiger partial charge < -0.3 is 5.32 Å². The van der Waals surface area contributed by atoms with E-state index in [4.69, 9.17) is 0 Å². The van der Waals surface area contributed by atoms with Crippen molar-refractivity contribution in [2.24, 2.45) is 0 Å². The Balaban J connectivity index is 2.32. The third-order valence-electron chi connectivity index (χ3n) is 3.80. The average Bonchev–Trinajstić information content (AvgIpc) is 2.48. The van der Waals surface area contributed by atoms with Gasteiger partial charge in [0.15, 0.2) is 0 Å². The van der Waals surface area contributed by atoms with Crippen molar-refractivity contribution in [2.75, 3.05) is 6.54 Å². The van der Waals surface area contributed by atoms with E-state index in [1.807, 2.05) is 0 Å². The quantitative estimate of drug-likeness (QED) is 0.853. The van der Waals surface area contributed by atoms with Crippen molar-refractivity contribution in [3.8, 4) is 0 Å². The van der Waals surface area contributed by atoms with Gasteiger partial charge in [0.25, 0.3) is 0 Å². The Morgan fingerprint density at radius 2 is 2.00 bits per heavy atom. The molecule has 1 fully saturated rings. The third kappa shape index (κ3) is 3.61.